The van der Waals surface area contributed by atoms with Crippen LogP contribution in [0.25, 0.3) is 0 Å². The lowest BCUT2D eigenvalue weighted by Gasteiger charge is -2.48. The van der Waals surface area contributed by atoms with E-state index in [0.717, 1.165) is 56.8 Å². The van der Waals surface area contributed by atoms with Gasteiger partial charge in [-0.2, -0.15) is 0 Å². The zero-order valence-corrected chi connectivity index (χ0v) is 23.0. The largest absolute Gasteiger partial charge is 0.504 e. The summed E-state index contributed by atoms with van der Waals surface area (Å²) in [5.41, 5.74) is 5.34. The highest BCUT2D eigenvalue weighted by atomic mass is 79.9. The fourth-order valence-electron chi connectivity index (χ4n) is 6.59. The van der Waals surface area contributed by atoms with E-state index in [0.29, 0.717) is 23.6 Å². The van der Waals surface area contributed by atoms with E-state index in [2.05, 4.69) is 29.3 Å². The maximum atomic E-state index is 10.3. The highest BCUT2D eigenvalue weighted by Gasteiger charge is 2.40. The Kier molecular flexibility index (Phi) is 8.19. The predicted molar refractivity (Wildman–Crippen MR) is 143 cm³/mol. The summed E-state index contributed by atoms with van der Waals surface area (Å²) in [7, 11) is 5.06. The number of aromatic hydroxyl groups is 1. The Balaban J connectivity index is 0.00000289. The molecule has 0 aromatic heterocycles. The van der Waals surface area contributed by atoms with Crippen molar-refractivity contribution in [3.05, 3.63) is 46.5 Å². The van der Waals surface area contributed by atoms with Crippen molar-refractivity contribution in [3.63, 3.8) is 0 Å². The van der Waals surface area contributed by atoms with Gasteiger partial charge in [-0.1, -0.05) is 13.3 Å². The molecule has 4 atom stereocenters. The average molecular weight is 548 g/mol. The maximum Gasteiger partial charge on any atom is 0.161 e. The third-order valence-electron chi connectivity index (χ3n) is 8.44. The van der Waals surface area contributed by atoms with Crippen LogP contribution in [-0.2, 0) is 12.8 Å². The molecule has 2 aromatic rings. The number of fused-ring (bicyclic) bond motifs is 4. The van der Waals surface area contributed by atoms with Gasteiger partial charge >= 0.3 is 0 Å². The second kappa shape index (κ2) is 11.0. The van der Waals surface area contributed by atoms with E-state index in [1.807, 2.05) is 12.1 Å². The summed E-state index contributed by atoms with van der Waals surface area (Å²) >= 11 is 0. The Morgan fingerprint density at radius 3 is 2.31 bits per heavy atom. The first-order chi connectivity index (χ1) is 16.6. The van der Waals surface area contributed by atoms with E-state index >= 15 is 0 Å². The summed E-state index contributed by atoms with van der Waals surface area (Å²) in [6.07, 6.45) is 5.46. The molecule has 7 heteroatoms. The summed E-state index contributed by atoms with van der Waals surface area (Å²) in [5, 5.41) is 14.1. The number of methoxy groups -OCH3 is 3. The van der Waals surface area contributed by atoms with Gasteiger partial charge in [-0.25, -0.2) is 0 Å². The van der Waals surface area contributed by atoms with Crippen LogP contribution in [-0.4, -0.2) is 51.0 Å². The number of ether oxygens (including phenoxy) is 3. The molecule has 192 valence electrons. The van der Waals surface area contributed by atoms with Crippen molar-refractivity contribution < 1.29 is 19.3 Å². The van der Waals surface area contributed by atoms with Gasteiger partial charge in [0.15, 0.2) is 23.0 Å². The second-order valence-electron chi connectivity index (χ2n) is 10.0. The molecule has 6 nitrogen and oxygen atoms in total. The van der Waals surface area contributed by atoms with Crippen LogP contribution in [0.3, 0.4) is 0 Å². The van der Waals surface area contributed by atoms with Gasteiger partial charge in [0.1, 0.15) is 0 Å². The molecule has 5 rings (SSSR count). The number of hydrogen-bond acceptors (Lipinski definition) is 6. The van der Waals surface area contributed by atoms with Crippen molar-refractivity contribution in [2.75, 3.05) is 41.0 Å². The predicted octanol–water partition coefficient (Wildman–Crippen LogP) is 5.22. The smallest absolute Gasteiger partial charge is 0.161 e. The van der Waals surface area contributed by atoms with Gasteiger partial charge < -0.3 is 24.6 Å². The highest BCUT2D eigenvalue weighted by molar-refractivity contribution is 8.93. The second-order valence-corrected chi connectivity index (χ2v) is 10.0. The average Bonchev–Trinajstić information content (AvgIpc) is 2.87. The van der Waals surface area contributed by atoms with Gasteiger partial charge in [-0.15, -0.1) is 17.0 Å². The first-order valence-electron chi connectivity index (χ1n) is 12.7. The first kappa shape index (κ1) is 26.1. The Bertz CT molecular complexity index is 1050. The van der Waals surface area contributed by atoms with Crippen molar-refractivity contribution in [2.45, 2.75) is 51.1 Å². The van der Waals surface area contributed by atoms with Crippen molar-refractivity contribution in [1.29, 1.82) is 0 Å². The number of phenolic OH excluding ortho intramolecular Hbond substituents is 1. The molecule has 35 heavy (non-hydrogen) atoms. The lowest BCUT2D eigenvalue weighted by Crippen LogP contribution is -2.46. The molecule has 1 saturated heterocycles. The van der Waals surface area contributed by atoms with Crippen LogP contribution < -0.4 is 19.5 Å². The van der Waals surface area contributed by atoms with E-state index in [1.165, 1.54) is 28.7 Å². The molecule has 3 aliphatic heterocycles. The van der Waals surface area contributed by atoms with Crippen LogP contribution in [0.1, 0.15) is 60.5 Å². The monoisotopic (exact) mass is 546 g/mol. The quantitative estimate of drug-likeness (QED) is 0.518. The molecular weight excluding hydrogens is 508 g/mol. The van der Waals surface area contributed by atoms with Crippen LogP contribution in [0.4, 0.5) is 0 Å². The van der Waals surface area contributed by atoms with Crippen molar-refractivity contribution in [1.82, 2.24) is 10.2 Å². The maximum absolute atomic E-state index is 10.3. The van der Waals surface area contributed by atoms with Crippen LogP contribution in [0.2, 0.25) is 0 Å². The molecule has 1 fully saturated rings. The minimum Gasteiger partial charge on any atom is -0.504 e. The Morgan fingerprint density at radius 1 is 0.914 bits per heavy atom. The normalized spacial score (nSPS) is 25.5. The topological polar surface area (TPSA) is 63.2 Å². The zero-order chi connectivity index (χ0) is 23.8. The van der Waals surface area contributed by atoms with E-state index in [4.69, 9.17) is 14.2 Å². The molecule has 0 amide bonds. The van der Waals surface area contributed by atoms with Crippen molar-refractivity contribution >= 4 is 17.0 Å². The van der Waals surface area contributed by atoms with Crippen LogP contribution in [0.15, 0.2) is 24.3 Å². The molecule has 0 unspecified atom stereocenters. The third kappa shape index (κ3) is 4.87. The molecule has 2 aromatic carbocycles. The zero-order valence-electron chi connectivity index (χ0n) is 21.3. The SMILES string of the molecule is Br.CC[C@H]1CN2CCc3cc(OC)c(OC)cc3[C@@H]2C[C@@H]1C[C@H]1NCCc2cc(O)c(OC)cc21. The van der Waals surface area contributed by atoms with Crippen LogP contribution >= 0.6 is 17.0 Å². The number of hydrogen-bond donors (Lipinski definition) is 2. The summed E-state index contributed by atoms with van der Waals surface area (Å²) in [4.78, 5) is 2.70. The number of nitrogens with one attached hydrogen (secondary N) is 1. The first-order valence-corrected chi connectivity index (χ1v) is 12.7. The summed E-state index contributed by atoms with van der Waals surface area (Å²) in [6.45, 7) is 5.55. The van der Waals surface area contributed by atoms with E-state index < -0.39 is 0 Å². The summed E-state index contributed by atoms with van der Waals surface area (Å²) < 4.78 is 16.7. The minimum atomic E-state index is 0. The van der Waals surface area contributed by atoms with Gasteiger partial charge in [0.05, 0.1) is 21.3 Å². The number of benzene rings is 2. The van der Waals surface area contributed by atoms with Crippen molar-refractivity contribution in [3.8, 4) is 23.0 Å². The molecule has 0 saturated carbocycles. The van der Waals surface area contributed by atoms with Crippen LogP contribution in [0, 0.1) is 11.8 Å². The Hall–Kier alpha value is -1.96. The van der Waals surface area contributed by atoms with Gasteiger partial charge in [0.2, 0.25) is 0 Å². The van der Waals surface area contributed by atoms with Gasteiger partial charge in [0.25, 0.3) is 0 Å². The lowest BCUT2D eigenvalue weighted by atomic mass is 9.72. The standard InChI is InChI=1S/C28H38N2O4.BrH/c1-5-17-16-30-9-7-19-13-27(33-3)28(34-4)15-22(19)24(30)11-20(17)10-23-21-14-26(32-2)25(31)12-18(21)6-8-29-23;/h12-15,17,20,23-24,29,31H,5-11,16H2,1-4H3;1H/t17-,20-,23+,24-;/m0./s1. The minimum absolute atomic E-state index is 0. The number of nitrogens with zero attached hydrogens (tertiary/aromatic N) is 1. The number of halogens is 1. The van der Waals surface area contributed by atoms with Gasteiger partial charge in [-0.3, -0.25) is 4.90 Å². The summed E-state index contributed by atoms with van der Waals surface area (Å²) in [5.74, 6) is 3.76. The Labute approximate surface area is 219 Å². The molecule has 0 aliphatic carbocycles. The lowest BCUT2D eigenvalue weighted by molar-refractivity contribution is 0.0434. The molecule has 3 heterocycles. The fraction of sp³-hybridized carbons (Fsp3) is 0.571. The molecule has 0 bridgehead atoms. The van der Waals surface area contributed by atoms with Gasteiger partial charge in [-0.05, 0) is 90.6 Å². The fourth-order valence-corrected chi connectivity index (χ4v) is 6.59. The molecule has 2 N–H and O–H groups in total. The number of piperidine rings is 1. The van der Waals surface area contributed by atoms with E-state index in [9.17, 15) is 5.11 Å². The number of rotatable bonds is 6. The molecular formula is C28H39BrN2O4. The molecule has 3 aliphatic rings. The van der Waals surface area contributed by atoms with Crippen LogP contribution in [0.5, 0.6) is 23.0 Å². The Morgan fingerprint density at radius 2 is 1.60 bits per heavy atom. The molecule has 0 spiro atoms. The van der Waals surface area contributed by atoms with Gasteiger partial charge in [0, 0.05) is 25.2 Å². The van der Waals surface area contributed by atoms with E-state index in [1.54, 1.807) is 21.3 Å². The third-order valence-corrected chi connectivity index (χ3v) is 8.44. The van der Waals surface area contributed by atoms with E-state index in [-0.39, 0.29) is 28.8 Å². The van der Waals surface area contributed by atoms with Crippen molar-refractivity contribution in [2.24, 2.45) is 11.8 Å². The summed E-state index contributed by atoms with van der Waals surface area (Å²) in [6, 6.07) is 9.06. The highest BCUT2D eigenvalue weighted by Crippen LogP contribution is 2.47. The molecule has 0 radical (unpaired) electrons. The number of phenols is 1.